The van der Waals surface area contributed by atoms with E-state index in [2.05, 4.69) is 31.1 Å². The second-order valence-electron chi connectivity index (χ2n) is 7.99. The van der Waals surface area contributed by atoms with Crippen molar-refractivity contribution < 1.29 is 9.53 Å². The zero-order chi connectivity index (χ0) is 22.6. The molecule has 0 spiro atoms. The number of benzene rings is 2. The van der Waals surface area contributed by atoms with Gasteiger partial charge in [-0.3, -0.25) is 9.36 Å². The lowest BCUT2D eigenvalue weighted by molar-refractivity contribution is -0.118. The number of carbonyl (C=O) groups excluding carboxylic acids is 1. The van der Waals surface area contributed by atoms with Gasteiger partial charge in [-0.2, -0.15) is 0 Å². The summed E-state index contributed by atoms with van der Waals surface area (Å²) in [6, 6.07) is 15.6. The van der Waals surface area contributed by atoms with E-state index in [0.29, 0.717) is 23.3 Å². The monoisotopic (exact) mass is 481 g/mol. The van der Waals surface area contributed by atoms with Gasteiger partial charge in [0.15, 0.2) is 11.0 Å². The third kappa shape index (κ3) is 5.08. The zero-order valence-corrected chi connectivity index (χ0v) is 19.5. The van der Waals surface area contributed by atoms with Crippen molar-refractivity contribution in [3.05, 3.63) is 65.3 Å². The van der Waals surface area contributed by atoms with Crippen LogP contribution >= 0.6 is 23.4 Å². The van der Waals surface area contributed by atoms with Gasteiger partial charge in [0.1, 0.15) is 0 Å². The van der Waals surface area contributed by atoms with Gasteiger partial charge < -0.3 is 15.0 Å². The predicted molar refractivity (Wildman–Crippen MR) is 130 cm³/mol. The topological polar surface area (TPSA) is 84.8 Å². The molecule has 0 radical (unpaired) electrons. The van der Waals surface area contributed by atoms with E-state index >= 15 is 0 Å². The fraction of sp³-hybridized carbons (Fsp3) is 0.292. The standard InChI is InChI=1S/C24H24ClN5O2S/c25-17-9-7-16(8-10-17)12-27-22(31)15-33-24-29-28-23(30(24)14-18-4-3-11-32-18)20-13-26-21-6-2-1-5-19(20)21/h1-2,5-10,13,18,26H,3-4,11-12,14-15H2,(H,27,31). The van der Waals surface area contributed by atoms with Gasteiger partial charge in [0.05, 0.1) is 18.4 Å². The molecular formula is C24H24ClN5O2S. The minimum Gasteiger partial charge on any atom is -0.376 e. The van der Waals surface area contributed by atoms with E-state index in [4.69, 9.17) is 16.3 Å². The quantitative estimate of drug-likeness (QED) is 0.357. The molecule has 0 saturated carbocycles. The zero-order valence-electron chi connectivity index (χ0n) is 18.0. The Labute approximate surface area is 200 Å². The Hall–Kier alpha value is -2.81. The minimum absolute atomic E-state index is 0.0599. The summed E-state index contributed by atoms with van der Waals surface area (Å²) in [5.74, 6) is 0.979. The number of hydrogen-bond donors (Lipinski definition) is 2. The first-order valence-electron chi connectivity index (χ1n) is 10.9. The SMILES string of the molecule is O=C(CSc1nnc(-c2c[nH]c3ccccc23)n1CC1CCCO1)NCc1ccc(Cl)cc1. The first-order chi connectivity index (χ1) is 16.2. The van der Waals surface area contributed by atoms with Crippen molar-refractivity contribution >= 4 is 40.2 Å². The normalized spacial score (nSPS) is 15.8. The van der Waals surface area contributed by atoms with Gasteiger partial charge in [-0.15, -0.1) is 10.2 Å². The Morgan fingerprint density at radius 2 is 2.06 bits per heavy atom. The van der Waals surface area contributed by atoms with Crippen LogP contribution in [0.15, 0.2) is 59.9 Å². The van der Waals surface area contributed by atoms with E-state index in [1.165, 1.54) is 11.8 Å². The average molecular weight is 482 g/mol. The summed E-state index contributed by atoms with van der Waals surface area (Å²) in [6.45, 7) is 1.90. The Balaban J connectivity index is 1.32. The number of hydrogen-bond acceptors (Lipinski definition) is 5. The number of amides is 1. The van der Waals surface area contributed by atoms with Crippen LogP contribution in [0.1, 0.15) is 18.4 Å². The largest absolute Gasteiger partial charge is 0.376 e. The average Bonchev–Trinajstić information content (AvgIpc) is 3.58. The van der Waals surface area contributed by atoms with Crippen LogP contribution in [0.4, 0.5) is 0 Å². The van der Waals surface area contributed by atoms with Crippen LogP contribution in [0.25, 0.3) is 22.3 Å². The number of aromatic nitrogens is 4. The number of thioether (sulfide) groups is 1. The van der Waals surface area contributed by atoms with Crippen molar-refractivity contribution in [2.24, 2.45) is 0 Å². The van der Waals surface area contributed by atoms with Gasteiger partial charge in [-0.05, 0) is 36.6 Å². The van der Waals surface area contributed by atoms with Crippen molar-refractivity contribution in [3.8, 4) is 11.4 Å². The molecule has 33 heavy (non-hydrogen) atoms. The van der Waals surface area contributed by atoms with Crippen LogP contribution in [0.3, 0.4) is 0 Å². The maximum absolute atomic E-state index is 12.5. The Morgan fingerprint density at radius 1 is 1.21 bits per heavy atom. The van der Waals surface area contributed by atoms with Gasteiger partial charge in [0.25, 0.3) is 0 Å². The highest BCUT2D eigenvalue weighted by Gasteiger charge is 2.23. The van der Waals surface area contributed by atoms with E-state index in [1.807, 2.05) is 48.7 Å². The van der Waals surface area contributed by atoms with Crippen LogP contribution in [-0.4, -0.2) is 44.1 Å². The molecule has 3 heterocycles. The van der Waals surface area contributed by atoms with E-state index in [0.717, 1.165) is 47.3 Å². The molecule has 2 aromatic heterocycles. The maximum atomic E-state index is 12.5. The summed E-state index contributed by atoms with van der Waals surface area (Å²) >= 11 is 7.31. The van der Waals surface area contributed by atoms with Crippen molar-refractivity contribution in [3.63, 3.8) is 0 Å². The molecule has 0 aliphatic carbocycles. The molecule has 9 heteroatoms. The number of nitrogens with zero attached hydrogens (tertiary/aromatic N) is 3. The molecule has 1 atom stereocenters. The molecular weight excluding hydrogens is 458 g/mol. The highest BCUT2D eigenvalue weighted by atomic mass is 35.5. The molecule has 1 aliphatic rings. The summed E-state index contributed by atoms with van der Waals surface area (Å²) in [6.07, 6.45) is 4.17. The second kappa shape index (κ2) is 9.99. The number of H-pyrrole nitrogens is 1. The van der Waals surface area contributed by atoms with Gasteiger partial charge in [0, 0.05) is 40.8 Å². The number of carbonyl (C=O) groups is 1. The lowest BCUT2D eigenvalue weighted by atomic mass is 10.1. The van der Waals surface area contributed by atoms with Crippen LogP contribution in [0.2, 0.25) is 5.02 Å². The number of ether oxygens (including phenoxy) is 1. The molecule has 5 rings (SSSR count). The Morgan fingerprint density at radius 3 is 2.88 bits per heavy atom. The summed E-state index contributed by atoms with van der Waals surface area (Å²) in [5, 5.41) is 14.4. The van der Waals surface area contributed by atoms with Gasteiger partial charge >= 0.3 is 0 Å². The number of halogens is 1. The number of para-hydroxylation sites is 1. The highest BCUT2D eigenvalue weighted by molar-refractivity contribution is 7.99. The van der Waals surface area contributed by atoms with Crippen LogP contribution in [-0.2, 0) is 22.6 Å². The third-order valence-electron chi connectivity index (χ3n) is 5.69. The van der Waals surface area contributed by atoms with Crippen molar-refractivity contribution in [1.82, 2.24) is 25.1 Å². The van der Waals surface area contributed by atoms with E-state index in [-0.39, 0.29) is 17.8 Å². The van der Waals surface area contributed by atoms with Crippen LogP contribution in [0.5, 0.6) is 0 Å². The van der Waals surface area contributed by atoms with Crippen molar-refractivity contribution in [1.29, 1.82) is 0 Å². The molecule has 2 N–H and O–H groups in total. The first-order valence-corrected chi connectivity index (χ1v) is 12.3. The highest BCUT2D eigenvalue weighted by Crippen LogP contribution is 2.31. The van der Waals surface area contributed by atoms with E-state index in [9.17, 15) is 4.79 Å². The second-order valence-corrected chi connectivity index (χ2v) is 9.37. The van der Waals surface area contributed by atoms with E-state index < -0.39 is 0 Å². The summed E-state index contributed by atoms with van der Waals surface area (Å²) in [7, 11) is 0. The Kier molecular flexibility index (Phi) is 6.66. The predicted octanol–water partition coefficient (Wildman–Crippen LogP) is 4.67. The summed E-state index contributed by atoms with van der Waals surface area (Å²) in [4.78, 5) is 15.8. The minimum atomic E-state index is -0.0599. The molecule has 0 bridgehead atoms. The van der Waals surface area contributed by atoms with Crippen molar-refractivity contribution in [2.75, 3.05) is 12.4 Å². The molecule has 1 saturated heterocycles. The van der Waals surface area contributed by atoms with E-state index in [1.54, 1.807) is 0 Å². The third-order valence-corrected chi connectivity index (χ3v) is 6.91. The Bertz CT molecular complexity index is 1250. The number of nitrogens with one attached hydrogen (secondary N) is 2. The lowest BCUT2D eigenvalue weighted by Gasteiger charge is -2.14. The van der Waals surface area contributed by atoms with Crippen LogP contribution < -0.4 is 5.32 Å². The van der Waals surface area contributed by atoms with Crippen LogP contribution in [0, 0.1) is 0 Å². The molecule has 4 aromatic rings. The van der Waals surface area contributed by atoms with Crippen molar-refractivity contribution in [2.45, 2.75) is 37.2 Å². The maximum Gasteiger partial charge on any atom is 0.230 e. The van der Waals surface area contributed by atoms with Gasteiger partial charge in [-0.1, -0.05) is 53.7 Å². The number of fused-ring (bicyclic) bond motifs is 1. The molecule has 7 nitrogen and oxygen atoms in total. The molecule has 1 aliphatic heterocycles. The smallest absolute Gasteiger partial charge is 0.230 e. The van der Waals surface area contributed by atoms with Gasteiger partial charge in [0.2, 0.25) is 5.91 Å². The van der Waals surface area contributed by atoms with Gasteiger partial charge in [-0.25, -0.2) is 0 Å². The summed E-state index contributed by atoms with van der Waals surface area (Å²) in [5.41, 5.74) is 3.05. The number of rotatable bonds is 8. The molecule has 1 amide bonds. The fourth-order valence-electron chi connectivity index (χ4n) is 3.99. The molecule has 1 unspecified atom stereocenters. The molecule has 170 valence electrons. The molecule has 1 fully saturated rings. The molecule has 2 aromatic carbocycles. The summed E-state index contributed by atoms with van der Waals surface area (Å²) < 4.78 is 7.97. The lowest BCUT2D eigenvalue weighted by Crippen LogP contribution is -2.25. The fourth-order valence-corrected chi connectivity index (χ4v) is 4.90. The number of aromatic amines is 1. The first kappa shape index (κ1) is 22.0.